The molecule has 1 amide bonds. The molecular formula is C24H23ClN4O5. The van der Waals surface area contributed by atoms with Crippen LogP contribution < -0.4 is 16.0 Å². The molecule has 0 fully saturated rings. The summed E-state index contributed by atoms with van der Waals surface area (Å²) in [6.45, 7) is 4.14. The molecule has 1 aliphatic rings. The zero-order valence-corrected chi connectivity index (χ0v) is 19.4. The van der Waals surface area contributed by atoms with Gasteiger partial charge in [0.05, 0.1) is 24.0 Å². The van der Waals surface area contributed by atoms with Crippen LogP contribution in [0.25, 0.3) is 5.69 Å². The number of H-pyrrole nitrogens is 1. The van der Waals surface area contributed by atoms with E-state index in [9.17, 15) is 19.5 Å². The fourth-order valence-electron chi connectivity index (χ4n) is 3.88. The summed E-state index contributed by atoms with van der Waals surface area (Å²) in [6, 6.07) is 13.0. The van der Waals surface area contributed by atoms with Crippen molar-refractivity contribution in [1.29, 1.82) is 0 Å². The second kappa shape index (κ2) is 9.56. The van der Waals surface area contributed by atoms with Gasteiger partial charge in [-0.3, -0.25) is 14.6 Å². The number of halogens is 1. The highest BCUT2D eigenvalue weighted by molar-refractivity contribution is 6.30. The molecular weight excluding hydrogens is 460 g/mol. The number of aromatic nitrogens is 2. The lowest BCUT2D eigenvalue weighted by molar-refractivity contribution is -0.132. The van der Waals surface area contributed by atoms with Gasteiger partial charge in [0, 0.05) is 17.9 Å². The van der Waals surface area contributed by atoms with Gasteiger partial charge in [-0.1, -0.05) is 30.7 Å². The molecule has 34 heavy (non-hydrogen) atoms. The number of nitrogens with zero attached hydrogens (tertiary/aromatic N) is 3. The van der Waals surface area contributed by atoms with Crippen molar-refractivity contribution in [2.45, 2.75) is 32.7 Å². The second-order valence-electron chi connectivity index (χ2n) is 7.63. The number of ether oxygens (including phenoxy) is 1. The van der Waals surface area contributed by atoms with Crippen LogP contribution in [-0.2, 0) is 4.79 Å². The van der Waals surface area contributed by atoms with E-state index in [4.69, 9.17) is 16.3 Å². The lowest BCUT2D eigenvalue weighted by Gasteiger charge is -2.21. The molecule has 10 heteroatoms. The Morgan fingerprint density at radius 2 is 1.82 bits per heavy atom. The largest absolute Gasteiger partial charge is 0.494 e. The van der Waals surface area contributed by atoms with Crippen molar-refractivity contribution < 1.29 is 14.6 Å². The van der Waals surface area contributed by atoms with Crippen molar-refractivity contribution in [2.24, 2.45) is 5.10 Å². The maximum Gasteiger partial charge on any atom is 0.335 e. The number of amides is 1. The van der Waals surface area contributed by atoms with E-state index >= 15 is 0 Å². The number of rotatable bonds is 6. The van der Waals surface area contributed by atoms with Crippen LogP contribution >= 0.6 is 11.6 Å². The lowest BCUT2D eigenvalue weighted by atomic mass is 9.99. The van der Waals surface area contributed by atoms with Gasteiger partial charge in [0.2, 0.25) is 11.8 Å². The normalized spacial score (nSPS) is 15.3. The van der Waals surface area contributed by atoms with Gasteiger partial charge in [0.15, 0.2) is 0 Å². The second-order valence-corrected chi connectivity index (χ2v) is 8.07. The number of hydrazone groups is 1. The van der Waals surface area contributed by atoms with Crippen molar-refractivity contribution >= 4 is 23.2 Å². The molecule has 1 aromatic heterocycles. The van der Waals surface area contributed by atoms with E-state index in [-0.39, 0.29) is 30.0 Å². The topological polar surface area (TPSA) is 117 Å². The first-order chi connectivity index (χ1) is 16.3. The van der Waals surface area contributed by atoms with E-state index in [0.717, 1.165) is 10.1 Å². The standard InChI is InChI=1S/C24H23ClN4O5/c1-3-20(30)29-19(14-5-11-17(12-6-14)34-4-2)13-18(27-29)21-22(31)26-24(33)28(23(21)32)16-9-7-15(25)8-10-16/h5-12,19,32H,3-4,13H2,1-2H3,(H,26,31,33). The molecule has 2 N–H and O–H groups in total. The first kappa shape index (κ1) is 23.3. The average Bonchev–Trinajstić information content (AvgIpc) is 3.25. The summed E-state index contributed by atoms with van der Waals surface area (Å²) in [5.74, 6) is -0.107. The van der Waals surface area contributed by atoms with Crippen LogP contribution in [0.5, 0.6) is 11.6 Å². The molecule has 0 aliphatic carbocycles. The molecule has 3 aromatic rings. The van der Waals surface area contributed by atoms with Crippen LogP contribution in [0.15, 0.2) is 63.2 Å². The molecule has 0 spiro atoms. The summed E-state index contributed by atoms with van der Waals surface area (Å²) >= 11 is 5.93. The maximum atomic E-state index is 12.7. The Balaban J connectivity index is 1.78. The first-order valence-electron chi connectivity index (χ1n) is 10.8. The van der Waals surface area contributed by atoms with Crippen molar-refractivity contribution in [1.82, 2.24) is 14.6 Å². The summed E-state index contributed by atoms with van der Waals surface area (Å²) in [7, 11) is 0. The zero-order valence-electron chi connectivity index (χ0n) is 18.6. The molecule has 1 atom stereocenters. The predicted octanol–water partition coefficient (Wildman–Crippen LogP) is 3.37. The number of carbonyl (C=O) groups excluding carboxylic acids is 1. The van der Waals surface area contributed by atoms with E-state index in [1.54, 1.807) is 31.2 Å². The Bertz CT molecular complexity index is 1360. The van der Waals surface area contributed by atoms with Crippen LogP contribution in [0.2, 0.25) is 5.02 Å². The third-order valence-electron chi connectivity index (χ3n) is 5.50. The average molecular weight is 483 g/mol. The highest BCUT2D eigenvalue weighted by Gasteiger charge is 2.35. The van der Waals surface area contributed by atoms with Gasteiger partial charge in [0.1, 0.15) is 11.3 Å². The molecule has 1 aliphatic heterocycles. The summed E-state index contributed by atoms with van der Waals surface area (Å²) in [4.78, 5) is 40.1. The smallest absolute Gasteiger partial charge is 0.335 e. The number of hydrogen-bond donors (Lipinski definition) is 2. The number of nitrogens with one attached hydrogen (secondary N) is 1. The summed E-state index contributed by atoms with van der Waals surface area (Å²) < 4.78 is 6.45. The van der Waals surface area contributed by atoms with Gasteiger partial charge in [-0.15, -0.1) is 0 Å². The van der Waals surface area contributed by atoms with E-state index in [1.165, 1.54) is 17.1 Å². The Morgan fingerprint density at radius 3 is 2.44 bits per heavy atom. The van der Waals surface area contributed by atoms with Gasteiger partial charge < -0.3 is 9.84 Å². The molecule has 2 heterocycles. The van der Waals surface area contributed by atoms with Crippen molar-refractivity contribution in [3.63, 3.8) is 0 Å². The van der Waals surface area contributed by atoms with E-state index < -0.39 is 23.2 Å². The SMILES string of the molecule is CCOc1ccc(C2CC(c3c(O)n(-c4ccc(Cl)cc4)c(=O)[nH]c3=O)=NN2C(=O)CC)cc1. The van der Waals surface area contributed by atoms with Crippen LogP contribution in [0.4, 0.5) is 0 Å². The third-order valence-corrected chi connectivity index (χ3v) is 5.76. The van der Waals surface area contributed by atoms with Crippen molar-refractivity contribution in [3.05, 3.63) is 85.5 Å². The molecule has 1 unspecified atom stereocenters. The zero-order chi connectivity index (χ0) is 24.4. The van der Waals surface area contributed by atoms with Gasteiger partial charge >= 0.3 is 5.69 Å². The first-order valence-corrected chi connectivity index (χ1v) is 11.2. The summed E-state index contributed by atoms with van der Waals surface area (Å²) in [6.07, 6.45) is 0.381. The molecule has 0 radical (unpaired) electrons. The Kier molecular flexibility index (Phi) is 6.56. The molecule has 0 bridgehead atoms. The minimum atomic E-state index is -0.809. The Hall–Kier alpha value is -3.85. The quantitative estimate of drug-likeness (QED) is 0.558. The number of hydrogen-bond acceptors (Lipinski definition) is 6. The van der Waals surface area contributed by atoms with Crippen LogP contribution in [0.3, 0.4) is 0 Å². The van der Waals surface area contributed by atoms with Gasteiger partial charge in [0.25, 0.3) is 5.56 Å². The van der Waals surface area contributed by atoms with Crippen molar-refractivity contribution in [2.75, 3.05) is 6.61 Å². The fraction of sp³-hybridized carbons (Fsp3) is 0.250. The maximum absolute atomic E-state index is 12.7. The molecule has 0 saturated carbocycles. The highest BCUT2D eigenvalue weighted by Crippen LogP contribution is 2.35. The van der Waals surface area contributed by atoms with E-state index in [1.807, 2.05) is 19.1 Å². The lowest BCUT2D eigenvalue weighted by Crippen LogP contribution is -2.33. The highest BCUT2D eigenvalue weighted by atomic mass is 35.5. The molecule has 2 aromatic carbocycles. The van der Waals surface area contributed by atoms with Crippen LogP contribution in [-0.4, -0.2) is 37.9 Å². The minimum Gasteiger partial charge on any atom is -0.494 e. The number of aromatic hydroxyl groups is 1. The molecule has 176 valence electrons. The number of carbonyl (C=O) groups is 1. The van der Waals surface area contributed by atoms with E-state index in [2.05, 4.69) is 10.1 Å². The van der Waals surface area contributed by atoms with E-state index in [0.29, 0.717) is 23.1 Å². The van der Waals surface area contributed by atoms with Gasteiger partial charge in [-0.05, 0) is 48.9 Å². The monoisotopic (exact) mass is 482 g/mol. The predicted molar refractivity (Wildman–Crippen MR) is 128 cm³/mol. The third kappa shape index (κ3) is 4.34. The van der Waals surface area contributed by atoms with Gasteiger partial charge in [-0.2, -0.15) is 5.10 Å². The Morgan fingerprint density at radius 1 is 1.15 bits per heavy atom. The minimum absolute atomic E-state index is 0.170. The van der Waals surface area contributed by atoms with Crippen molar-refractivity contribution in [3.8, 4) is 17.3 Å². The molecule has 4 rings (SSSR count). The molecule has 0 saturated heterocycles. The molecule has 9 nitrogen and oxygen atoms in total. The van der Waals surface area contributed by atoms with Crippen LogP contribution in [0.1, 0.15) is 43.9 Å². The summed E-state index contributed by atoms with van der Waals surface area (Å²) in [5, 5.41) is 17.1. The number of benzene rings is 2. The number of aromatic amines is 1. The van der Waals surface area contributed by atoms with Gasteiger partial charge in [-0.25, -0.2) is 14.4 Å². The summed E-state index contributed by atoms with van der Waals surface area (Å²) in [5.41, 5.74) is -0.461. The Labute approximate surface area is 199 Å². The van der Waals surface area contributed by atoms with Crippen LogP contribution in [0, 0.1) is 0 Å². The fourth-order valence-corrected chi connectivity index (χ4v) is 4.01.